The molecule has 0 aromatic heterocycles. The SMILES string of the molecule is O=C(C=Cc1cccc([N+](=O)[O-])c1)NC(=S)Nc1ccc(N2CCOCC2)cc1. The molecule has 0 spiro atoms. The van der Waals surface area contributed by atoms with E-state index in [0.29, 0.717) is 5.56 Å². The third-order valence-corrected chi connectivity index (χ3v) is 4.45. The highest BCUT2D eigenvalue weighted by Crippen LogP contribution is 2.19. The number of ether oxygens (including phenoxy) is 1. The molecule has 3 rings (SSSR count). The number of nitrogens with one attached hydrogen (secondary N) is 2. The number of nitro groups is 1. The molecule has 9 heteroatoms. The van der Waals surface area contributed by atoms with E-state index in [9.17, 15) is 14.9 Å². The molecule has 0 atom stereocenters. The number of nitrogens with zero attached hydrogens (tertiary/aromatic N) is 2. The summed E-state index contributed by atoms with van der Waals surface area (Å²) in [5.41, 5.74) is 2.38. The molecule has 1 amide bonds. The molecule has 0 aliphatic carbocycles. The van der Waals surface area contributed by atoms with Crippen LogP contribution in [0.1, 0.15) is 5.56 Å². The summed E-state index contributed by atoms with van der Waals surface area (Å²) in [6.07, 6.45) is 2.76. The van der Waals surface area contributed by atoms with Crippen molar-refractivity contribution < 1.29 is 14.5 Å². The Morgan fingerprint density at radius 2 is 1.90 bits per heavy atom. The van der Waals surface area contributed by atoms with Crippen LogP contribution < -0.4 is 15.5 Å². The molecule has 0 saturated carbocycles. The maximum atomic E-state index is 12.0. The second kappa shape index (κ2) is 9.76. The number of amides is 1. The Balaban J connectivity index is 1.51. The quantitative estimate of drug-likeness (QED) is 0.337. The molecular formula is C20H20N4O4S. The van der Waals surface area contributed by atoms with Crippen molar-refractivity contribution in [2.45, 2.75) is 0 Å². The van der Waals surface area contributed by atoms with E-state index in [1.807, 2.05) is 24.3 Å². The minimum atomic E-state index is -0.485. The van der Waals surface area contributed by atoms with Gasteiger partial charge in [-0.05, 0) is 48.1 Å². The lowest BCUT2D eigenvalue weighted by Gasteiger charge is -2.28. The van der Waals surface area contributed by atoms with E-state index in [4.69, 9.17) is 17.0 Å². The smallest absolute Gasteiger partial charge is 0.270 e. The van der Waals surface area contributed by atoms with Gasteiger partial charge >= 0.3 is 0 Å². The largest absolute Gasteiger partial charge is 0.378 e. The van der Waals surface area contributed by atoms with Crippen LogP contribution in [0.2, 0.25) is 0 Å². The molecule has 2 aromatic rings. The van der Waals surface area contributed by atoms with Crippen LogP contribution in [0, 0.1) is 10.1 Å². The lowest BCUT2D eigenvalue weighted by atomic mass is 10.2. The molecule has 29 heavy (non-hydrogen) atoms. The Morgan fingerprint density at radius 3 is 2.59 bits per heavy atom. The first kappa shape index (κ1) is 20.4. The van der Waals surface area contributed by atoms with Gasteiger partial charge in [0.05, 0.1) is 18.1 Å². The molecule has 1 saturated heterocycles. The van der Waals surface area contributed by atoms with Gasteiger partial charge in [-0.2, -0.15) is 0 Å². The molecule has 2 aromatic carbocycles. The second-order valence-corrected chi connectivity index (χ2v) is 6.68. The van der Waals surface area contributed by atoms with E-state index in [-0.39, 0.29) is 10.8 Å². The molecule has 0 bridgehead atoms. The van der Waals surface area contributed by atoms with Gasteiger partial charge < -0.3 is 15.0 Å². The van der Waals surface area contributed by atoms with E-state index in [0.717, 1.165) is 37.7 Å². The molecule has 2 N–H and O–H groups in total. The standard InChI is InChI=1S/C20H20N4O4S/c25-19(9-4-15-2-1-3-18(14-15)24(26)27)22-20(29)21-16-5-7-17(8-6-16)23-10-12-28-13-11-23/h1-9,14H,10-13H2,(H2,21,22,25,29). The fraction of sp³-hybridized carbons (Fsp3) is 0.200. The van der Waals surface area contributed by atoms with Gasteiger partial charge in [0.2, 0.25) is 5.91 Å². The van der Waals surface area contributed by atoms with E-state index < -0.39 is 10.8 Å². The van der Waals surface area contributed by atoms with Crippen molar-refractivity contribution in [2.24, 2.45) is 0 Å². The topological polar surface area (TPSA) is 96.7 Å². The van der Waals surface area contributed by atoms with Crippen molar-refractivity contribution in [1.29, 1.82) is 0 Å². The van der Waals surface area contributed by atoms with Crippen molar-refractivity contribution >= 4 is 46.4 Å². The molecular weight excluding hydrogens is 392 g/mol. The van der Waals surface area contributed by atoms with E-state index in [2.05, 4.69) is 15.5 Å². The van der Waals surface area contributed by atoms with Gasteiger partial charge in [0.15, 0.2) is 5.11 Å². The Kier molecular flexibility index (Phi) is 6.88. The van der Waals surface area contributed by atoms with Crippen molar-refractivity contribution in [3.8, 4) is 0 Å². The summed E-state index contributed by atoms with van der Waals surface area (Å²) in [6.45, 7) is 3.16. The normalized spacial score (nSPS) is 13.9. The number of rotatable bonds is 5. The first-order chi connectivity index (χ1) is 14.0. The first-order valence-electron chi connectivity index (χ1n) is 8.98. The van der Waals surface area contributed by atoms with Crippen molar-refractivity contribution in [3.63, 3.8) is 0 Å². The van der Waals surface area contributed by atoms with Gasteiger partial charge in [-0.25, -0.2) is 0 Å². The third kappa shape index (κ3) is 6.09. The fourth-order valence-electron chi connectivity index (χ4n) is 2.81. The summed E-state index contributed by atoms with van der Waals surface area (Å²) < 4.78 is 5.35. The van der Waals surface area contributed by atoms with Crippen LogP contribution in [0.3, 0.4) is 0 Å². The molecule has 1 aliphatic heterocycles. The fourth-order valence-corrected chi connectivity index (χ4v) is 3.03. The number of carbonyl (C=O) groups is 1. The average Bonchev–Trinajstić information content (AvgIpc) is 2.73. The van der Waals surface area contributed by atoms with Crippen LogP contribution in [0.5, 0.6) is 0 Å². The predicted octanol–water partition coefficient (Wildman–Crippen LogP) is 2.96. The second-order valence-electron chi connectivity index (χ2n) is 6.28. The highest BCUT2D eigenvalue weighted by molar-refractivity contribution is 7.80. The third-order valence-electron chi connectivity index (χ3n) is 4.25. The van der Waals surface area contributed by atoms with Gasteiger partial charge in [0, 0.05) is 42.7 Å². The maximum absolute atomic E-state index is 12.0. The van der Waals surface area contributed by atoms with Crippen LogP contribution in [0.15, 0.2) is 54.6 Å². The van der Waals surface area contributed by atoms with Crippen molar-refractivity contribution in [2.75, 3.05) is 36.5 Å². The number of thiocarbonyl (C=S) groups is 1. The van der Waals surface area contributed by atoms with E-state index in [1.165, 1.54) is 24.3 Å². The van der Waals surface area contributed by atoms with Crippen LogP contribution in [-0.4, -0.2) is 42.2 Å². The molecule has 1 fully saturated rings. The lowest BCUT2D eigenvalue weighted by Crippen LogP contribution is -2.36. The number of hydrogen-bond acceptors (Lipinski definition) is 6. The molecule has 1 heterocycles. The Labute approximate surface area is 173 Å². The monoisotopic (exact) mass is 412 g/mol. The minimum absolute atomic E-state index is 0.0368. The summed E-state index contributed by atoms with van der Waals surface area (Å²) >= 11 is 5.16. The van der Waals surface area contributed by atoms with E-state index >= 15 is 0 Å². The first-order valence-corrected chi connectivity index (χ1v) is 9.39. The maximum Gasteiger partial charge on any atom is 0.270 e. The van der Waals surface area contributed by atoms with Gasteiger partial charge in [-0.3, -0.25) is 20.2 Å². The molecule has 0 unspecified atom stereocenters. The number of hydrogen-bond donors (Lipinski definition) is 2. The zero-order chi connectivity index (χ0) is 20.6. The number of benzene rings is 2. The number of nitro benzene ring substituents is 1. The zero-order valence-corrected chi connectivity index (χ0v) is 16.4. The van der Waals surface area contributed by atoms with Crippen LogP contribution in [-0.2, 0) is 9.53 Å². The average molecular weight is 412 g/mol. The number of non-ortho nitro benzene ring substituents is 1. The van der Waals surface area contributed by atoms with Gasteiger partial charge in [-0.15, -0.1) is 0 Å². The molecule has 8 nitrogen and oxygen atoms in total. The predicted molar refractivity (Wildman–Crippen MR) is 116 cm³/mol. The zero-order valence-electron chi connectivity index (χ0n) is 15.5. The summed E-state index contributed by atoms with van der Waals surface area (Å²) in [5, 5.41) is 16.5. The van der Waals surface area contributed by atoms with Crippen molar-refractivity contribution in [3.05, 3.63) is 70.3 Å². The Bertz CT molecular complexity index is 924. The lowest BCUT2D eigenvalue weighted by molar-refractivity contribution is -0.384. The summed E-state index contributed by atoms with van der Waals surface area (Å²) in [4.78, 5) is 24.6. The minimum Gasteiger partial charge on any atom is -0.378 e. The van der Waals surface area contributed by atoms with Gasteiger partial charge in [0.25, 0.3) is 5.69 Å². The summed E-state index contributed by atoms with van der Waals surface area (Å²) in [7, 11) is 0. The summed E-state index contributed by atoms with van der Waals surface area (Å²) in [5.74, 6) is -0.432. The molecule has 0 radical (unpaired) electrons. The van der Waals surface area contributed by atoms with Gasteiger partial charge in [-0.1, -0.05) is 12.1 Å². The number of carbonyl (C=O) groups excluding carboxylic acids is 1. The Hall–Kier alpha value is -3.30. The number of anilines is 2. The van der Waals surface area contributed by atoms with Gasteiger partial charge in [0.1, 0.15) is 0 Å². The van der Waals surface area contributed by atoms with E-state index in [1.54, 1.807) is 12.1 Å². The Morgan fingerprint density at radius 1 is 1.17 bits per heavy atom. The molecule has 1 aliphatic rings. The summed E-state index contributed by atoms with van der Waals surface area (Å²) in [6, 6.07) is 13.8. The van der Waals surface area contributed by atoms with Crippen molar-refractivity contribution in [1.82, 2.24) is 5.32 Å². The highest BCUT2D eigenvalue weighted by atomic mass is 32.1. The van der Waals surface area contributed by atoms with Crippen LogP contribution in [0.25, 0.3) is 6.08 Å². The van der Waals surface area contributed by atoms with Crippen LogP contribution in [0.4, 0.5) is 17.1 Å². The molecule has 150 valence electrons. The van der Waals surface area contributed by atoms with Crippen LogP contribution >= 0.6 is 12.2 Å². The highest BCUT2D eigenvalue weighted by Gasteiger charge is 2.11. The number of morpholine rings is 1.